The van der Waals surface area contributed by atoms with Crippen LogP contribution < -0.4 is 5.32 Å². The summed E-state index contributed by atoms with van der Waals surface area (Å²) >= 11 is 3.60. The lowest BCUT2D eigenvalue weighted by Gasteiger charge is -2.15. The summed E-state index contributed by atoms with van der Waals surface area (Å²) in [6, 6.07) is 8.81. The molecule has 2 heterocycles. The third-order valence-electron chi connectivity index (χ3n) is 3.24. The van der Waals surface area contributed by atoms with E-state index in [1.54, 1.807) is 0 Å². The van der Waals surface area contributed by atoms with E-state index >= 15 is 0 Å². The fourth-order valence-corrected chi connectivity index (χ4v) is 2.84. The quantitative estimate of drug-likeness (QED) is 0.922. The zero-order chi connectivity index (χ0) is 11.7. The summed E-state index contributed by atoms with van der Waals surface area (Å²) in [6.07, 6.45) is 5.05. The molecule has 1 saturated heterocycles. The first kappa shape index (κ1) is 11.0. The van der Waals surface area contributed by atoms with Crippen LogP contribution in [0.2, 0.25) is 0 Å². The van der Waals surface area contributed by atoms with Crippen molar-refractivity contribution in [1.82, 2.24) is 14.9 Å². The molecule has 1 unspecified atom stereocenters. The normalized spacial score (nSPS) is 19.7. The zero-order valence-electron chi connectivity index (χ0n) is 9.44. The van der Waals surface area contributed by atoms with E-state index in [4.69, 9.17) is 0 Å². The lowest BCUT2D eigenvalue weighted by Crippen LogP contribution is -2.13. The summed E-state index contributed by atoms with van der Waals surface area (Å²) < 4.78 is 3.40. The van der Waals surface area contributed by atoms with Crippen molar-refractivity contribution in [2.24, 2.45) is 0 Å². The average Bonchev–Trinajstić information content (AvgIpc) is 3.00. The Morgan fingerprint density at radius 3 is 3.00 bits per heavy atom. The van der Waals surface area contributed by atoms with Crippen molar-refractivity contribution in [3.8, 4) is 11.3 Å². The summed E-state index contributed by atoms with van der Waals surface area (Å²) in [7, 11) is 0. The Balaban J connectivity index is 2.04. The van der Waals surface area contributed by atoms with Crippen LogP contribution in [0.5, 0.6) is 0 Å². The van der Waals surface area contributed by atoms with Crippen LogP contribution in [0.3, 0.4) is 0 Å². The van der Waals surface area contributed by atoms with Gasteiger partial charge in [-0.2, -0.15) is 0 Å². The molecule has 0 aliphatic carbocycles. The molecule has 1 atom stereocenters. The minimum atomic E-state index is 0.527. The number of nitrogens with zero attached hydrogens (tertiary/aromatic N) is 2. The van der Waals surface area contributed by atoms with E-state index < -0.39 is 0 Å². The molecule has 1 N–H and O–H groups in total. The second-order valence-corrected chi connectivity index (χ2v) is 5.17. The number of benzene rings is 1. The second kappa shape index (κ2) is 4.63. The maximum absolute atomic E-state index is 4.30. The summed E-state index contributed by atoms with van der Waals surface area (Å²) in [5.41, 5.74) is 2.39. The molecular weight excluding hydrogens is 278 g/mol. The predicted molar refractivity (Wildman–Crippen MR) is 71.9 cm³/mol. The van der Waals surface area contributed by atoms with Gasteiger partial charge in [0.15, 0.2) is 0 Å². The first-order valence-corrected chi connectivity index (χ1v) is 6.63. The van der Waals surface area contributed by atoms with E-state index in [1.165, 1.54) is 17.7 Å². The molecule has 0 bridgehead atoms. The highest BCUT2D eigenvalue weighted by Gasteiger charge is 2.19. The standard InChI is InChI=1S/C13H14BrN3/c14-12-4-2-1-3-11(12)13-8-16-9-17(13)10-5-6-15-7-10/h1-4,8-10,15H,5-7H2. The molecule has 0 spiro atoms. The van der Waals surface area contributed by atoms with Crippen LogP contribution in [0.15, 0.2) is 41.3 Å². The molecule has 3 rings (SSSR count). The summed E-state index contributed by atoms with van der Waals surface area (Å²) in [4.78, 5) is 4.30. The highest BCUT2D eigenvalue weighted by atomic mass is 79.9. The molecule has 1 fully saturated rings. The number of nitrogens with one attached hydrogen (secondary N) is 1. The number of hydrogen-bond donors (Lipinski definition) is 1. The van der Waals surface area contributed by atoms with Crippen LogP contribution in [0.1, 0.15) is 12.5 Å². The Hall–Kier alpha value is -1.13. The van der Waals surface area contributed by atoms with Crippen molar-refractivity contribution in [1.29, 1.82) is 0 Å². The minimum Gasteiger partial charge on any atom is -0.326 e. The molecule has 0 saturated carbocycles. The van der Waals surface area contributed by atoms with Gasteiger partial charge in [0, 0.05) is 22.6 Å². The molecule has 1 aliphatic heterocycles. The van der Waals surface area contributed by atoms with Crippen molar-refractivity contribution in [2.75, 3.05) is 13.1 Å². The minimum absolute atomic E-state index is 0.527. The molecular formula is C13H14BrN3. The van der Waals surface area contributed by atoms with Gasteiger partial charge in [-0.15, -0.1) is 0 Å². The summed E-state index contributed by atoms with van der Waals surface area (Å²) in [5, 5.41) is 3.39. The van der Waals surface area contributed by atoms with Crippen molar-refractivity contribution >= 4 is 15.9 Å². The Morgan fingerprint density at radius 1 is 1.35 bits per heavy atom. The van der Waals surface area contributed by atoms with Crippen molar-refractivity contribution in [2.45, 2.75) is 12.5 Å². The van der Waals surface area contributed by atoms with Crippen LogP contribution in [0.25, 0.3) is 11.3 Å². The van der Waals surface area contributed by atoms with E-state index in [-0.39, 0.29) is 0 Å². The highest BCUT2D eigenvalue weighted by molar-refractivity contribution is 9.10. The Labute approximate surface area is 109 Å². The number of hydrogen-bond acceptors (Lipinski definition) is 2. The van der Waals surface area contributed by atoms with Crippen molar-refractivity contribution in [3.63, 3.8) is 0 Å². The fraction of sp³-hybridized carbons (Fsp3) is 0.308. The first-order chi connectivity index (χ1) is 8.36. The predicted octanol–water partition coefficient (Wildman–Crippen LogP) is 2.85. The number of halogens is 1. The number of aromatic nitrogens is 2. The van der Waals surface area contributed by atoms with Gasteiger partial charge in [-0.1, -0.05) is 34.1 Å². The molecule has 17 heavy (non-hydrogen) atoms. The molecule has 1 aromatic heterocycles. The number of rotatable bonds is 2. The lowest BCUT2D eigenvalue weighted by atomic mass is 10.1. The Morgan fingerprint density at radius 2 is 2.24 bits per heavy atom. The molecule has 0 radical (unpaired) electrons. The lowest BCUT2D eigenvalue weighted by molar-refractivity contribution is 0.551. The van der Waals surface area contributed by atoms with Crippen molar-refractivity contribution < 1.29 is 0 Å². The maximum Gasteiger partial charge on any atom is 0.0954 e. The van der Waals surface area contributed by atoms with E-state index in [9.17, 15) is 0 Å². The van der Waals surface area contributed by atoms with E-state index in [1.807, 2.05) is 18.6 Å². The van der Waals surface area contributed by atoms with Crippen LogP contribution in [-0.2, 0) is 0 Å². The molecule has 3 nitrogen and oxygen atoms in total. The molecule has 0 amide bonds. The van der Waals surface area contributed by atoms with Gasteiger partial charge >= 0.3 is 0 Å². The third-order valence-corrected chi connectivity index (χ3v) is 3.94. The van der Waals surface area contributed by atoms with Gasteiger partial charge in [0.05, 0.1) is 18.2 Å². The van der Waals surface area contributed by atoms with Crippen LogP contribution in [-0.4, -0.2) is 22.6 Å². The summed E-state index contributed by atoms with van der Waals surface area (Å²) in [6.45, 7) is 2.13. The van der Waals surface area contributed by atoms with Gasteiger partial charge in [0.25, 0.3) is 0 Å². The molecule has 88 valence electrons. The maximum atomic E-state index is 4.30. The van der Waals surface area contributed by atoms with Crippen LogP contribution in [0, 0.1) is 0 Å². The molecule has 1 aromatic carbocycles. The van der Waals surface area contributed by atoms with Gasteiger partial charge in [0.2, 0.25) is 0 Å². The van der Waals surface area contributed by atoms with Gasteiger partial charge in [-0.25, -0.2) is 4.98 Å². The highest BCUT2D eigenvalue weighted by Crippen LogP contribution is 2.30. The van der Waals surface area contributed by atoms with Gasteiger partial charge < -0.3 is 9.88 Å². The largest absolute Gasteiger partial charge is 0.326 e. The SMILES string of the molecule is Brc1ccccc1-c1cncn1C1CCNC1. The summed E-state index contributed by atoms with van der Waals surface area (Å²) in [5.74, 6) is 0. The smallest absolute Gasteiger partial charge is 0.0954 e. The fourth-order valence-electron chi connectivity index (χ4n) is 2.35. The molecule has 2 aromatic rings. The first-order valence-electron chi connectivity index (χ1n) is 5.84. The van der Waals surface area contributed by atoms with Crippen molar-refractivity contribution in [3.05, 3.63) is 41.3 Å². The van der Waals surface area contributed by atoms with Gasteiger partial charge in [0.1, 0.15) is 0 Å². The monoisotopic (exact) mass is 291 g/mol. The van der Waals surface area contributed by atoms with E-state index in [0.29, 0.717) is 6.04 Å². The van der Waals surface area contributed by atoms with E-state index in [0.717, 1.165) is 17.6 Å². The molecule has 4 heteroatoms. The van der Waals surface area contributed by atoms with Crippen LogP contribution in [0.4, 0.5) is 0 Å². The third kappa shape index (κ3) is 2.03. The topological polar surface area (TPSA) is 29.9 Å². The average molecular weight is 292 g/mol. The van der Waals surface area contributed by atoms with Crippen LogP contribution >= 0.6 is 15.9 Å². The molecule has 1 aliphatic rings. The number of imidazole rings is 1. The van der Waals surface area contributed by atoms with Gasteiger partial charge in [-0.3, -0.25) is 0 Å². The zero-order valence-corrected chi connectivity index (χ0v) is 11.0. The van der Waals surface area contributed by atoms with Gasteiger partial charge in [-0.05, 0) is 19.0 Å². The second-order valence-electron chi connectivity index (χ2n) is 4.31. The Kier molecular flexibility index (Phi) is 2.99. The Bertz CT molecular complexity index is 515. The van der Waals surface area contributed by atoms with E-state index in [2.05, 4.69) is 49.0 Å².